The van der Waals surface area contributed by atoms with E-state index in [0.717, 1.165) is 31.3 Å². The molecule has 2 amide bonds. The van der Waals surface area contributed by atoms with Gasteiger partial charge in [0, 0.05) is 12.6 Å². The molecular weight excluding hydrogens is 312 g/mol. The average molecular weight is 340 g/mol. The molecule has 0 aromatic heterocycles. The molecule has 0 N–H and O–H groups in total. The molecule has 4 heteroatoms. The lowest BCUT2D eigenvalue weighted by Gasteiger charge is -2.44. The van der Waals surface area contributed by atoms with E-state index in [4.69, 9.17) is 0 Å². The van der Waals surface area contributed by atoms with Crippen LogP contribution in [0.2, 0.25) is 0 Å². The van der Waals surface area contributed by atoms with Gasteiger partial charge in [-0.1, -0.05) is 25.0 Å². The van der Waals surface area contributed by atoms with E-state index < -0.39 is 0 Å². The minimum atomic E-state index is -0.120. The number of piperidine rings is 1. The summed E-state index contributed by atoms with van der Waals surface area (Å²) in [5.74, 6) is 0.676. The Morgan fingerprint density at radius 2 is 1.48 bits per heavy atom. The zero-order valence-corrected chi connectivity index (χ0v) is 15.0. The molecule has 0 radical (unpaired) electrons. The summed E-state index contributed by atoms with van der Waals surface area (Å²) >= 11 is 0. The zero-order valence-electron chi connectivity index (χ0n) is 15.0. The molecule has 1 saturated carbocycles. The fraction of sp³-hybridized carbons (Fsp3) is 0.619. The molecule has 2 fully saturated rings. The van der Waals surface area contributed by atoms with Crippen molar-refractivity contribution in [3.63, 3.8) is 0 Å². The average Bonchev–Trinajstić information content (AvgIpc) is 2.90. The lowest BCUT2D eigenvalue weighted by molar-refractivity contribution is 0.0567. The van der Waals surface area contributed by atoms with E-state index in [9.17, 15) is 9.59 Å². The van der Waals surface area contributed by atoms with Crippen LogP contribution >= 0.6 is 0 Å². The van der Waals surface area contributed by atoms with Gasteiger partial charge in [0.15, 0.2) is 0 Å². The predicted octanol–water partition coefficient (Wildman–Crippen LogP) is 3.72. The third kappa shape index (κ3) is 3.24. The van der Waals surface area contributed by atoms with Gasteiger partial charge in [-0.2, -0.15) is 0 Å². The molecule has 4 nitrogen and oxygen atoms in total. The third-order valence-electron chi connectivity index (χ3n) is 6.31. The Kier molecular flexibility index (Phi) is 4.89. The van der Waals surface area contributed by atoms with Crippen LogP contribution in [0.3, 0.4) is 0 Å². The van der Waals surface area contributed by atoms with Gasteiger partial charge < -0.3 is 4.90 Å². The van der Waals surface area contributed by atoms with Crippen LogP contribution in [0.4, 0.5) is 0 Å². The topological polar surface area (TPSA) is 40.6 Å². The maximum atomic E-state index is 12.4. The van der Waals surface area contributed by atoms with Crippen LogP contribution in [0.25, 0.3) is 0 Å². The molecule has 1 aromatic carbocycles. The number of benzene rings is 1. The van der Waals surface area contributed by atoms with Crippen molar-refractivity contribution >= 4 is 11.8 Å². The summed E-state index contributed by atoms with van der Waals surface area (Å²) in [5, 5.41) is 0. The molecule has 134 valence electrons. The molecule has 1 aliphatic carbocycles. The molecule has 2 heterocycles. The van der Waals surface area contributed by atoms with E-state index in [0.29, 0.717) is 17.7 Å². The standard InChI is InChI=1S/C21H28N2O2/c24-20-17-10-2-3-11-18(17)21(25)23(20)15-6-5-13-22-14-7-9-16-8-1-4-12-19(16)22/h2-3,10-11,16,19H,1,4-9,12-15H2. The summed E-state index contributed by atoms with van der Waals surface area (Å²) in [6, 6.07) is 7.95. The fourth-order valence-electron chi connectivity index (χ4n) is 5.03. The van der Waals surface area contributed by atoms with Gasteiger partial charge in [0.2, 0.25) is 0 Å². The number of likely N-dealkylation sites (tertiary alicyclic amines) is 1. The molecule has 2 atom stereocenters. The number of carbonyl (C=O) groups is 2. The lowest BCUT2D eigenvalue weighted by atomic mass is 9.78. The van der Waals surface area contributed by atoms with E-state index >= 15 is 0 Å². The minimum Gasteiger partial charge on any atom is -0.300 e. The largest absolute Gasteiger partial charge is 0.300 e. The van der Waals surface area contributed by atoms with Gasteiger partial charge in [-0.25, -0.2) is 0 Å². The minimum absolute atomic E-state index is 0.120. The van der Waals surface area contributed by atoms with Crippen LogP contribution in [0.5, 0.6) is 0 Å². The number of imide groups is 1. The smallest absolute Gasteiger partial charge is 0.261 e. The predicted molar refractivity (Wildman–Crippen MR) is 97.6 cm³/mol. The molecule has 0 spiro atoms. The van der Waals surface area contributed by atoms with E-state index in [-0.39, 0.29) is 11.8 Å². The summed E-state index contributed by atoms with van der Waals surface area (Å²) in [6.07, 6.45) is 10.3. The zero-order chi connectivity index (χ0) is 17.2. The maximum Gasteiger partial charge on any atom is 0.261 e. The van der Waals surface area contributed by atoms with Crippen molar-refractivity contribution < 1.29 is 9.59 Å². The maximum absolute atomic E-state index is 12.4. The van der Waals surface area contributed by atoms with E-state index in [1.807, 2.05) is 12.1 Å². The Morgan fingerprint density at radius 3 is 2.24 bits per heavy atom. The first-order valence-corrected chi connectivity index (χ1v) is 9.95. The van der Waals surface area contributed by atoms with Crippen LogP contribution in [0, 0.1) is 5.92 Å². The van der Waals surface area contributed by atoms with Crippen LogP contribution in [0.15, 0.2) is 24.3 Å². The Morgan fingerprint density at radius 1 is 0.840 bits per heavy atom. The van der Waals surface area contributed by atoms with Crippen LogP contribution in [-0.2, 0) is 0 Å². The molecule has 1 saturated heterocycles. The van der Waals surface area contributed by atoms with Crippen molar-refractivity contribution in [2.45, 2.75) is 57.4 Å². The molecule has 2 aliphatic heterocycles. The molecule has 0 bridgehead atoms. The fourth-order valence-corrected chi connectivity index (χ4v) is 5.03. The van der Waals surface area contributed by atoms with Crippen molar-refractivity contribution in [1.82, 2.24) is 9.80 Å². The molecular formula is C21H28N2O2. The summed E-state index contributed by atoms with van der Waals surface area (Å²) in [7, 11) is 0. The highest BCUT2D eigenvalue weighted by Crippen LogP contribution is 2.35. The summed E-state index contributed by atoms with van der Waals surface area (Å²) in [6.45, 7) is 2.90. The summed E-state index contributed by atoms with van der Waals surface area (Å²) in [5.41, 5.74) is 1.13. The highest BCUT2D eigenvalue weighted by Gasteiger charge is 2.35. The molecule has 3 aliphatic rings. The van der Waals surface area contributed by atoms with Gasteiger partial charge in [-0.15, -0.1) is 0 Å². The number of carbonyl (C=O) groups excluding carboxylic acids is 2. The first-order chi connectivity index (χ1) is 12.3. The van der Waals surface area contributed by atoms with Gasteiger partial charge in [0.1, 0.15) is 0 Å². The van der Waals surface area contributed by atoms with Gasteiger partial charge in [-0.05, 0) is 69.7 Å². The monoisotopic (exact) mass is 340 g/mol. The summed E-state index contributed by atoms with van der Waals surface area (Å²) in [4.78, 5) is 28.9. The van der Waals surface area contributed by atoms with Crippen LogP contribution < -0.4 is 0 Å². The lowest BCUT2D eigenvalue weighted by Crippen LogP contribution is -2.47. The number of nitrogens with zero attached hydrogens (tertiary/aromatic N) is 2. The third-order valence-corrected chi connectivity index (χ3v) is 6.31. The van der Waals surface area contributed by atoms with Crippen molar-refractivity contribution in [2.24, 2.45) is 5.92 Å². The Balaban J connectivity index is 1.27. The van der Waals surface area contributed by atoms with Gasteiger partial charge in [0.05, 0.1) is 11.1 Å². The number of rotatable bonds is 5. The number of hydrogen-bond acceptors (Lipinski definition) is 3. The van der Waals surface area contributed by atoms with Crippen molar-refractivity contribution in [2.75, 3.05) is 19.6 Å². The number of fused-ring (bicyclic) bond motifs is 2. The van der Waals surface area contributed by atoms with Crippen molar-refractivity contribution in [3.8, 4) is 0 Å². The van der Waals surface area contributed by atoms with Gasteiger partial charge in [-0.3, -0.25) is 14.5 Å². The first kappa shape index (κ1) is 16.8. The second-order valence-corrected chi connectivity index (χ2v) is 7.80. The van der Waals surface area contributed by atoms with Crippen molar-refractivity contribution in [1.29, 1.82) is 0 Å². The highest BCUT2D eigenvalue weighted by molar-refractivity contribution is 6.21. The normalized spacial score (nSPS) is 26.6. The second-order valence-electron chi connectivity index (χ2n) is 7.80. The Hall–Kier alpha value is -1.68. The molecule has 1 aromatic rings. The SMILES string of the molecule is O=C1c2ccccc2C(=O)N1CCCCN1CCCC2CCCCC21. The van der Waals surface area contributed by atoms with E-state index in [1.54, 1.807) is 12.1 Å². The summed E-state index contributed by atoms with van der Waals surface area (Å²) < 4.78 is 0. The van der Waals surface area contributed by atoms with E-state index in [1.165, 1.54) is 50.0 Å². The number of hydrogen-bond donors (Lipinski definition) is 0. The Labute approximate surface area is 150 Å². The molecule has 2 unspecified atom stereocenters. The van der Waals surface area contributed by atoms with Gasteiger partial charge in [0.25, 0.3) is 11.8 Å². The second kappa shape index (κ2) is 7.28. The highest BCUT2D eigenvalue weighted by atomic mass is 16.2. The van der Waals surface area contributed by atoms with Crippen LogP contribution in [0.1, 0.15) is 72.1 Å². The molecule has 25 heavy (non-hydrogen) atoms. The Bertz CT molecular complexity index is 620. The van der Waals surface area contributed by atoms with Gasteiger partial charge >= 0.3 is 0 Å². The molecule has 4 rings (SSSR count). The quantitative estimate of drug-likeness (QED) is 0.606. The number of unbranched alkanes of at least 4 members (excludes halogenated alkanes) is 1. The van der Waals surface area contributed by atoms with Crippen molar-refractivity contribution in [3.05, 3.63) is 35.4 Å². The van der Waals surface area contributed by atoms with Crippen LogP contribution in [-0.4, -0.2) is 47.3 Å². The first-order valence-electron chi connectivity index (χ1n) is 9.95. The van der Waals surface area contributed by atoms with E-state index in [2.05, 4.69) is 4.90 Å². The number of amides is 2.